The van der Waals surface area contributed by atoms with E-state index in [0.717, 1.165) is 12.8 Å². The van der Waals surface area contributed by atoms with Gasteiger partial charge in [0.25, 0.3) is 5.91 Å². The molecule has 0 aliphatic carbocycles. The van der Waals surface area contributed by atoms with E-state index in [0.29, 0.717) is 24.3 Å². The number of hydrogen-bond donors (Lipinski definition) is 0. The smallest absolute Gasteiger partial charge is 0.254 e. The van der Waals surface area contributed by atoms with Crippen LogP contribution in [0.2, 0.25) is 0 Å². The summed E-state index contributed by atoms with van der Waals surface area (Å²) in [6.45, 7) is 2.42. The van der Waals surface area contributed by atoms with E-state index in [1.807, 2.05) is 6.07 Å². The van der Waals surface area contributed by atoms with Crippen molar-refractivity contribution in [2.75, 3.05) is 13.2 Å². The van der Waals surface area contributed by atoms with Crippen LogP contribution in [0.25, 0.3) is 0 Å². The second-order valence-electron chi connectivity index (χ2n) is 6.55. The van der Waals surface area contributed by atoms with E-state index in [4.69, 9.17) is 4.74 Å². The minimum atomic E-state index is -3.68. The van der Waals surface area contributed by atoms with Gasteiger partial charge in [0.1, 0.15) is 17.7 Å². The van der Waals surface area contributed by atoms with E-state index < -0.39 is 15.2 Å². The first kappa shape index (κ1) is 20.0. The number of rotatable bonds is 5. The summed E-state index contributed by atoms with van der Waals surface area (Å²) in [5.74, 6) is 5.84. The molecule has 146 valence electrons. The molecule has 1 aliphatic rings. The molecule has 0 aromatic heterocycles. The second kappa shape index (κ2) is 8.94. The largest absolute Gasteiger partial charge is 0.481 e. The van der Waals surface area contributed by atoms with Gasteiger partial charge in [-0.05, 0) is 62.6 Å². The summed E-state index contributed by atoms with van der Waals surface area (Å²) in [6.07, 6.45) is 2.01. The number of hydrogen-bond acceptors (Lipinski definition) is 4. The van der Waals surface area contributed by atoms with E-state index in [1.54, 1.807) is 43.3 Å². The Bertz CT molecular complexity index is 973. The Morgan fingerprint density at radius 3 is 2.50 bits per heavy atom. The molecule has 0 bridgehead atoms. The molecule has 3 rings (SSSR count). The van der Waals surface area contributed by atoms with Crippen molar-refractivity contribution in [1.29, 1.82) is 0 Å². The second-order valence-corrected chi connectivity index (χ2v) is 8.65. The number of piperidine rings is 1. The van der Waals surface area contributed by atoms with E-state index in [9.17, 15) is 13.2 Å². The Kier molecular flexibility index (Phi) is 6.37. The van der Waals surface area contributed by atoms with Gasteiger partial charge in [-0.15, -0.1) is 5.92 Å². The zero-order chi connectivity index (χ0) is 20.0. The van der Waals surface area contributed by atoms with Crippen molar-refractivity contribution in [3.8, 4) is 17.6 Å². The number of carbonyl (C=O) groups excluding carboxylic acids is 1. The van der Waals surface area contributed by atoms with Gasteiger partial charge in [-0.2, -0.15) is 0 Å². The normalized spacial score (nSPS) is 16.8. The van der Waals surface area contributed by atoms with Gasteiger partial charge in [0.05, 0.1) is 4.90 Å². The van der Waals surface area contributed by atoms with E-state index >= 15 is 0 Å². The molecular formula is C22H23NO4S. The highest BCUT2D eigenvalue weighted by Crippen LogP contribution is 2.29. The molecular weight excluding hydrogens is 374 g/mol. The summed E-state index contributed by atoms with van der Waals surface area (Å²) in [5, 5.41) is -0.855. The molecule has 1 amide bonds. The molecule has 5 nitrogen and oxygen atoms in total. The van der Waals surface area contributed by atoms with Crippen molar-refractivity contribution >= 4 is 15.7 Å². The number of likely N-dealkylation sites (tertiary alicyclic amines) is 1. The average molecular weight is 397 g/mol. The van der Waals surface area contributed by atoms with Gasteiger partial charge in [-0.25, -0.2) is 8.42 Å². The van der Waals surface area contributed by atoms with Crippen LogP contribution in [0.3, 0.4) is 0 Å². The number of nitrogens with zero attached hydrogens (tertiary/aromatic N) is 1. The summed E-state index contributed by atoms with van der Waals surface area (Å²) < 4.78 is 31.9. The quantitative estimate of drug-likeness (QED) is 0.724. The molecule has 1 atom stereocenters. The van der Waals surface area contributed by atoms with Gasteiger partial charge in [0.15, 0.2) is 9.84 Å². The van der Waals surface area contributed by atoms with Crippen molar-refractivity contribution in [2.24, 2.45) is 0 Å². The van der Waals surface area contributed by atoms with Crippen LogP contribution < -0.4 is 4.74 Å². The van der Waals surface area contributed by atoms with E-state index in [1.165, 1.54) is 17.0 Å². The maximum absolute atomic E-state index is 13.2. The van der Waals surface area contributed by atoms with E-state index in [-0.39, 0.29) is 17.4 Å². The lowest BCUT2D eigenvalue weighted by Crippen LogP contribution is -2.47. The molecule has 1 fully saturated rings. The number of amides is 1. The number of ether oxygens (including phenoxy) is 1. The van der Waals surface area contributed by atoms with Crippen LogP contribution in [0.5, 0.6) is 5.75 Å². The maximum atomic E-state index is 13.2. The van der Waals surface area contributed by atoms with Gasteiger partial charge >= 0.3 is 0 Å². The fraction of sp³-hybridized carbons (Fsp3) is 0.318. The van der Waals surface area contributed by atoms with Crippen molar-refractivity contribution in [2.45, 2.75) is 36.5 Å². The van der Waals surface area contributed by atoms with Crippen molar-refractivity contribution in [1.82, 2.24) is 4.90 Å². The number of benzene rings is 2. The summed E-state index contributed by atoms with van der Waals surface area (Å²) >= 11 is 0. The highest BCUT2D eigenvalue weighted by Gasteiger charge is 2.37. The fourth-order valence-electron chi connectivity index (χ4n) is 3.28. The van der Waals surface area contributed by atoms with E-state index in [2.05, 4.69) is 11.8 Å². The third-order valence-corrected chi connectivity index (χ3v) is 6.86. The van der Waals surface area contributed by atoms with Gasteiger partial charge in [0, 0.05) is 12.1 Å². The van der Waals surface area contributed by atoms with Crippen LogP contribution in [-0.4, -0.2) is 37.8 Å². The first-order chi connectivity index (χ1) is 13.5. The Morgan fingerprint density at radius 2 is 1.82 bits per heavy atom. The standard InChI is InChI=1S/C22H23NO4S/c1-2-3-17-27-19-12-14-20(15-13-19)28(25,26)21-11-7-8-16-23(21)22(24)18-9-5-4-6-10-18/h4-6,9-10,12-15,21H,7-8,11,16-17H2,1H3. The topological polar surface area (TPSA) is 63.7 Å². The lowest BCUT2D eigenvalue weighted by molar-refractivity contribution is 0.0689. The minimum absolute atomic E-state index is 0.194. The van der Waals surface area contributed by atoms with Gasteiger partial charge in [0.2, 0.25) is 0 Å². The molecule has 2 aromatic carbocycles. The number of sulfone groups is 1. The van der Waals surface area contributed by atoms with Crippen LogP contribution in [0.15, 0.2) is 59.5 Å². The van der Waals surface area contributed by atoms with Gasteiger partial charge in [-0.1, -0.05) is 24.1 Å². The molecule has 28 heavy (non-hydrogen) atoms. The molecule has 0 spiro atoms. The summed E-state index contributed by atoms with van der Waals surface area (Å²) in [6, 6.07) is 15.1. The fourth-order valence-corrected chi connectivity index (χ4v) is 5.12. The van der Waals surface area contributed by atoms with Crippen LogP contribution in [0.4, 0.5) is 0 Å². The van der Waals surface area contributed by atoms with Crippen LogP contribution in [0, 0.1) is 11.8 Å². The maximum Gasteiger partial charge on any atom is 0.254 e. The Labute approximate surface area is 166 Å². The molecule has 1 aliphatic heterocycles. The highest BCUT2D eigenvalue weighted by atomic mass is 32.2. The van der Waals surface area contributed by atoms with Crippen molar-refractivity contribution in [3.63, 3.8) is 0 Å². The van der Waals surface area contributed by atoms with Gasteiger partial charge < -0.3 is 9.64 Å². The molecule has 1 unspecified atom stereocenters. The third-order valence-electron chi connectivity index (χ3n) is 4.73. The molecule has 0 saturated carbocycles. The average Bonchev–Trinajstić information content (AvgIpc) is 2.74. The van der Waals surface area contributed by atoms with Crippen LogP contribution >= 0.6 is 0 Å². The molecule has 2 aromatic rings. The zero-order valence-corrected chi connectivity index (χ0v) is 16.6. The van der Waals surface area contributed by atoms with Gasteiger partial charge in [-0.3, -0.25) is 4.79 Å². The minimum Gasteiger partial charge on any atom is -0.481 e. The third kappa shape index (κ3) is 4.37. The Balaban J connectivity index is 1.83. The summed E-state index contributed by atoms with van der Waals surface area (Å²) in [4.78, 5) is 14.6. The van der Waals surface area contributed by atoms with Crippen molar-refractivity contribution in [3.05, 3.63) is 60.2 Å². The lowest BCUT2D eigenvalue weighted by Gasteiger charge is -2.35. The first-order valence-electron chi connectivity index (χ1n) is 9.26. The summed E-state index contributed by atoms with van der Waals surface area (Å²) in [5.41, 5.74) is 0.505. The Hall–Kier alpha value is -2.78. The molecule has 0 N–H and O–H groups in total. The van der Waals surface area contributed by atoms with Crippen LogP contribution in [0.1, 0.15) is 36.5 Å². The molecule has 1 saturated heterocycles. The lowest BCUT2D eigenvalue weighted by atomic mass is 10.1. The Morgan fingerprint density at radius 1 is 1.11 bits per heavy atom. The zero-order valence-electron chi connectivity index (χ0n) is 15.8. The molecule has 1 heterocycles. The number of carbonyl (C=O) groups is 1. The van der Waals surface area contributed by atoms with Crippen molar-refractivity contribution < 1.29 is 17.9 Å². The first-order valence-corrected chi connectivity index (χ1v) is 10.8. The van der Waals surface area contributed by atoms with Crippen LogP contribution in [-0.2, 0) is 9.84 Å². The predicted molar refractivity (Wildman–Crippen MR) is 108 cm³/mol. The predicted octanol–water partition coefficient (Wildman–Crippen LogP) is 3.51. The highest BCUT2D eigenvalue weighted by molar-refractivity contribution is 7.92. The monoisotopic (exact) mass is 397 g/mol. The molecule has 6 heteroatoms. The molecule has 0 radical (unpaired) electrons. The summed E-state index contributed by atoms with van der Waals surface area (Å²) in [7, 11) is -3.68. The SMILES string of the molecule is CC#CCOc1ccc(S(=O)(=O)C2CCCCN2C(=O)c2ccccc2)cc1.